The minimum atomic E-state index is -0.747. The molecule has 0 unspecified atom stereocenters. The SMILES string of the molecule is COCC(=O)N[C@@H]1CN(CC2(O)CCOCC2)C[C@H]1O. The highest BCUT2D eigenvalue weighted by Crippen LogP contribution is 2.23. The summed E-state index contributed by atoms with van der Waals surface area (Å²) < 4.78 is 10.0. The van der Waals surface area contributed by atoms with Crippen molar-refractivity contribution in [2.45, 2.75) is 30.6 Å². The van der Waals surface area contributed by atoms with Gasteiger partial charge in [-0.1, -0.05) is 0 Å². The van der Waals surface area contributed by atoms with Gasteiger partial charge >= 0.3 is 0 Å². The molecule has 3 N–H and O–H groups in total. The zero-order valence-electron chi connectivity index (χ0n) is 11.9. The monoisotopic (exact) mass is 288 g/mol. The second-order valence-corrected chi connectivity index (χ2v) is 5.71. The van der Waals surface area contributed by atoms with Crippen molar-refractivity contribution in [3.8, 4) is 0 Å². The minimum Gasteiger partial charge on any atom is -0.390 e. The van der Waals surface area contributed by atoms with Crippen molar-refractivity contribution in [3.63, 3.8) is 0 Å². The Morgan fingerprint density at radius 2 is 2.15 bits per heavy atom. The molecule has 0 aliphatic carbocycles. The first-order chi connectivity index (χ1) is 9.52. The predicted molar refractivity (Wildman–Crippen MR) is 71.3 cm³/mol. The molecular weight excluding hydrogens is 264 g/mol. The van der Waals surface area contributed by atoms with Crippen LogP contribution >= 0.6 is 0 Å². The number of carbonyl (C=O) groups excluding carboxylic acids is 1. The molecule has 2 atom stereocenters. The van der Waals surface area contributed by atoms with Gasteiger partial charge < -0.3 is 25.0 Å². The van der Waals surface area contributed by atoms with Crippen LogP contribution in [0.15, 0.2) is 0 Å². The van der Waals surface area contributed by atoms with E-state index in [1.54, 1.807) is 0 Å². The summed E-state index contributed by atoms with van der Waals surface area (Å²) in [4.78, 5) is 13.5. The largest absolute Gasteiger partial charge is 0.390 e. The van der Waals surface area contributed by atoms with Crippen molar-refractivity contribution < 1.29 is 24.5 Å². The maximum Gasteiger partial charge on any atom is 0.246 e. The third kappa shape index (κ3) is 4.13. The van der Waals surface area contributed by atoms with Crippen LogP contribution in [0, 0.1) is 0 Å². The smallest absolute Gasteiger partial charge is 0.246 e. The van der Waals surface area contributed by atoms with Crippen LogP contribution in [-0.2, 0) is 14.3 Å². The van der Waals surface area contributed by atoms with Crippen LogP contribution in [0.1, 0.15) is 12.8 Å². The van der Waals surface area contributed by atoms with Gasteiger partial charge in [-0.25, -0.2) is 0 Å². The number of β-amino-alcohol motifs (C(OH)–C–C–N with tert-alkyl or cyclic N) is 2. The van der Waals surface area contributed by atoms with Crippen LogP contribution in [0.5, 0.6) is 0 Å². The second-order valence-electron chi connectivity index (χ2n) is 5.71. The minimum absolute atomic E-state index is 0.00943. The maximum atomic E-state index is 11.5. The summed E-state index contributed by atoms with van der Waals surface area (Å²) in [5, 5.41) is 23.2. The highest BCUT2D eigenvalue weighted by atomic mass is 16.5. The fraction of sp³-hybridized carbons (Fsp3) is 0.923. The Kier molecular flexibility index (Phi) is 5.34. The molecule has 116 valence electrons. The van der Waals surface area contributed by atoms with E-state index in [0.29, 0.717) is 45.7 Å². The number of aliphatic hydroxyl groups excluding tert-OH is 1. The number of carbonyl (C=O) groups is 1. The van der Waals surface area contributed by atoms with Gasteiger partial charge in [0.25, 0.3) is 0 Å². The molecule has 0 bridgehead atoms. The Bertz CT molecular complexity index is 333. The number of amides is 1. The fourth-order valence-electron chi connectivity index (χ4n) is 2.84. The van der Waals surface area contributed by atoms with E-state index in [0.717, 1.165) is 0 Å². The van der Waals surface area contributed by atoms with Crippen LogP contribution in [0.25, 0.3) is 0 Å². The van der Waals surface area contributed by atoms with Crippen LogP contribution in [0.4, 0.5) is 0 Å². The number of likely N-dealkylation sites (tertiary alicyclic amines) is 1. The standard InChI is InChI=1S/C13H24N2O5/c1-19-8-12(17)14-10-6-15(7-11(10)16)9-13(18)2-4-20-5-3-13/h10-11,16,18H,2-9H2,1H3,(H,14,17)/t10-,11-/m1/s1. The molecule has 2 fully saturated rings. The first-order valence-electron chi connectivity index (χ1n) is 7.01. The van der Waals surface area contributed by atoms with Crippen molar-refractivity contribution in [1.82, 2.24) is 10.2 Å². The molecule has 0 aromatic carbocycles. The Morgan fingerprint density at radius 1 is 1.45 bits per heavy atom. The maximum absolute atomic E-state index is 11.5. The quantitative estimate of drug-likeness (QED) is 0.561. The third-order valence-corrected chi connectivity index (χ3v) is 3.93. The number of nitrogens with one attached hydrogen (secondary N) is 1. The molecule has 7 nitrogen and oxygen atoms in total. The third-order valence-electron chi connectivity index (χ3n) is 3.93. The normalized spacial score (nSPS) is 30.4. The lowest BCUT2D eigenvalue weighted by Gasteiger charge is -2.35. The molecule has 2 saturated heterocycles. The molecule has 0 radical (unpaired) electrons. The molecule has 0 aromatic rings. The van der Waals surface area contributed by atoms with Crippen molar-refractivity contribution in [3.05, 3.63) is 0 Å². The van der Waals surface area contributed by atoms with Crippen LogP contribution < -0.4 is 5.32 Å². The van der Waals surface area contributed by atoms with E-state index < -0.39 is 11.7 Å². The van der Waals surface area contributed by atoms with Crippen molar-refractivity contribution in [2.24, 2.45) is 0 Å². The topological polar surface area (TPSA) is 91.3 Å². The number of aliphatic hydroxyl groups is 2. The van der Waals surface area contributed by atoms with Gasteiger partial charge in [0.15, 0.2) is 0 Å². The molecular formula is C13H24N2O5. The number of ether oxygens (including phenoxy) is 2. The molecule has 20 heavy (non-hydrogen) atoms. The van der Waals surface area contributed by atoms with Gasteiger partial charge in [0.05, 0.1) is 17.7 Å². The molecule has 1 amide bonds. The molecule has 2 heterocycles. The van der Waals surface area contributed by atoms with Crippen molar-refractivity contribution >= 4 is 5.91 Å². The molecule has 0 spiro atoms. The number of hydrogen-bond donors (Lipinski definition) is 3. The van der Waals surface area contributed by atoms with Gasteiger partial charge in [-0.05, 0) is 0 Å². The van der Waals surface area contributed by atoms with Gasteiger partial charge in [0.1, 0.15) is 6.61 Å². The van der Waals surface area contributed by atoms with Gasteiger partial charge in [0, 0.05) is 52.8 Å². The van der Waals surface area contributed by atoms with Crippen molar-refractivity contribution in [2.75, 3.05) is 46.6 Å². The van der Waals surface area contributed by atoms with Gasteiger partial charge in [-0.3, -0.25) is 9.69 Å². The van der Waals surface area contributed by atoms with Gasteiger partial charge in [0.2, 0.25) is 5.91 Å². The predicted octanol–water partition coefficient (Wildman–Crippen LogP) is -1.66. The molecule has 2 aliphatic rings. The molecule has 0 aromatic heterocycles. The van der Waals surface area contributed by atoms with E-state index in [1.807, 2.05) is 4.90 Å². The van der Waals surface area contributed by atoms with E-state index in [1.165, 1.54) is 7.11 Å². The molecule has 0 saturated carbocycles. The Morgan fingerprint density at radius 3 is 2.80 bits per heavy atom. The Balaban J connectivity index is 1.82. The van der Waals surface area contributed by atoms with Crippen molar-refractivity contribution in [1.29, 1.82) is 0 Å². The summed E-state index contributed by atoms with van der Waals surface area (Å²) in [6.45, 7) is 2.64. The van der Waals surface area contributed by atoms with E-state index in [9.17, 15) is 15.0 Å². The fourth-order valence-corrected chi connectivity index (χ4v) is 2.84. The number of hydrogen-bond acceptors (Lipinski definition) is 6. The summed E-state index contributed by atoms with van der Waals surface area (Å²) in [5.74, 6) is -0.233. The lowest BCUT2D eigenvalue weighted by Crippen LogP contribution is -2.47. The lowest BCUT2D eigenvalue weighted by atomic mass is 9.94. The second kappa shape index (κ2) is 6.82. The van der Waals surface area contributed by atoms with Crippen LogP contribution in [0.3, 0.4) is 0 Å². The van der Waals surface area contributed by atoms with Gasteiger partial charge in [-0.2, -0.15) is 0 Å². The zero-order chi connectivity index (χ0) is 14.6. The first-order valence-corrected chi connectivity index (χ1v) is 7.01. The highest BCUT2D eigenvalue weighted by molar-refractivity contribution is 5.77. The molecule has 2 rings (SSSR count). The average Bonchev–Trinajstić information content (AvgIpc) is 2.69. The van der Waals surface area contributed by atoms with E-state index in [4.69, 9.17) is 9.47 Å². The molecule has 7 heteroatoms. The summed E-state index contributed by atoms with van der Waals surface area (Å²) >= 11 is 0. The Labute approximate surface area is 118 Å². The first kappa shape index (κ1) is 15.7. The summed E-state index contributed by atoms with van der Waals surface area (Å²) in [5.41, 5.74) is -0.747. The lowest BCUT2D eigenvalue weighted by molar-refractivity contribution is -0.125. The van der Waals surface area contributed by atoms with E-state index >= 15 is 0 Å². The zero-order valence-corrected chi connectivity index (χ0v) is 11.9. The van der Waals surface area contributed by atoms with E-state index in [-0.39, 0.29) is 18.6 Å². The highest BCUT2D eigenvalue weighted by Gasteiger charge is 2.38. The summed E-state index contributed by atoms with van der Waals surface area (Å²) in [6.07, 6.45) is 0.611. The summed E-state index contributed by atoms with van der Waals surface area (Å²) in [7, 11) is 1.46. The molecule has 2 aliphatic heterocycles. The van der Waals surface area contributed by atoms with Crippen LogP contribution in [0.2, 0.25) is 0 Å². The number of nitrogens with zero attached hydrogens (tertiary/aromatic N) is 1. The van der Waals surface area contributed by atoms with Gasteiger partial charge in [-0.15, -0.1) is 0 Å². The number of methoxy groups -OCH3 is 1. The number of rotatable bonds is 5. The average molecular weight is 288 g/mol. The summed E-state index contributed by atoms with van der Waals surface area (Å²) in [6, 6.07) is -0.305. The van der Waals surface area contributed by atoms with E-state index in [2.05, 4.69) is 5.32 Å². The Hall–Kier alpha value is -0.730. The van der Waals surface area contributed by atoms with Crippen LogP contribution in [-0.4, -0.2) is 85.3 Å².